The van der Waals surface area contributed by atoms with E-state index in [1.54, 1.807) is 0 Å². The highest BCUT2D eigenvalue weighted by molar-refractivity contribution is 14.1. The van der Waals surface area contributed by atoms with Gasteiger partial charge in [-0.2, -0.15) is 0 Å². The van der Waals surface area contributed by atoms with Crippen LogP contribution in [0.15, 0.2) is 15.8 Å². The molecular weight excluding hydrogens is 353 g/mol. The lowest BCUT2D eigenvalue weighted by atomic mass is 10.3. The maximum Gasteiger partial charge on any atom is 0.330 e. The zero-order valence-corrected chi connectivity index (χ0v) is 12.0. The van der Waals surface area contributed by atoms with Gasteiger partial charge in [0.2, 0.25) is 0 Å². The summed E-state index contributed by atoms with van der Waals surface area (Å²) in [6.45, 7) is 1.04. The minimum Gasteiger partial charge on any atom is -0.394 e. The third-order valence-electron chi connectivity index (χ3n) is 2.77. The van der Waals surface area contributed by atoms with Crippen LogP contribution in [-0.4, -0.2) is 52.4 Å². The lowest BCUT2D eigenvalue weighted by Crippen LogP contribution is -2.48. The molecule has 0 bridgehead atoms. The predicted octanol–water partition coefficient (Wildman–Crippen LogP) is -1.04. The summed E-state index contributed by atoms with van der Waals surface area (Å²) in [6, 6.07) is 0. The van der Waals surface area contributed by atoms with Gasteiger partial charge in [0.05, 0.1) is 16.3 Å². The number of nitrogens with zero attached hydrogens (tertiary/aromatic N) is 2. The molecule has 8 heteroatoms. The van der Waals surface area contributed by atoms with Crippen LogP contribution >= 0.6 is 22.6 Å². The van der Waals surface area contributed by atoms with E-state index in [4.69, 9.17) is 9.84 Å². The number of H-pyrrole nitrogens is 1. The molecule has 1 aromatic heterocycles. The number of nitrogens with one attached hydrogen (secondary N) is 1. The van der Waals surface area contributed by atoms with Gasteiger partial charge < -0.3 is 9.84 Å². The SMILES string of the molecule is CN1CC(CO)OC(n2cc(I)c(=O)[nH]c2=O)C1. The molecule has 2 heterocycles. The van der Waals surface area contributed by atoms with Crippen LogP contribution < -0.4 is 11.2 Å². The molecular formula is C10H14IN3O4. The number of rotatable bonds is 2. The van der Waals surface area contributed by atoms with E-state index < -0.39 is 17.5 Å². The van der Waals surface area contributed by atoms with Crippen LogP contribution in [0.4, 0.5) is 0 Å². The Labute approximate surface area is 117 Å². The molecule has 0 radical (unpaired) electrons. The summed E-state index contributed by atoms with van der Waals surface area (Å²) in [5.41, 5.74) is -0.905. The van der Waals surface area contributed by atoms with Crippen LogP contribution in [0.25, 0.3) is 0 Å². The molecule has 1 saturated heterocycles. The quantitative estimate of drug-likeness (QED) is 0.653. The van der Waals surface area contributed by atoms with Gasteiger partial charge in [0.1, 0.15) is 0 Å². The van der Waals surface area contributed by atoms with Crippen molar-refractivity contribution in [3.8, 4) is 0 Å². The molecule has 0 aliphatic carbocycles. The third kappa shape index (κ3) is 2.82. The first-order valence-corrected chi connectivity index (χ1v) is 6.55. The number of aliphatic hydroxyl groups excluding tert-OH is 1. The molecule has 2 N–H and O–H groups in total. The fraction of sp³-hybridized carbons (Fsp3) is 0.600. The Morgan fingerprint density at radius 3 is 2.94 bits per heavy atom. The van der Waals surface area contributed by atoms with Gasteiger partial charge in [-0.05, 0) is 29.6 Å². The van der Waals surface area contributed by atoms with Crippen LogP contribution in [0, 0.1) is 3.57 Å². The molecule has 100 valence electrons. The molecule has 1 aliphatic heterocycles. The third-order valence-corrected chi connectivity index (χ3v) is 3.54. The number of likely N-dealkylation sites (N-methyl/N-ethyl adjacent to an activating group) is 1. The van der Waals surface area contributed by atoms with Gasteiger partial charge >= 0.3 is 5.69 Å². The van der Waals surface area contributed by atoms with Gasteiger partial charge in [-0.25, -0.2) is 4.79 Å². The zero-order chi connectivity index (χ0) is 13.3. The second kappa shape index (κ2) is 5.51. The molecule has 0 aromatic carbocycles. The topological polar surface area (TPSA) is 87.6 Å². The van der Waals surface area contributed by atoms with E-state index in [1.807, 2.05) is 34.5 Å². The van der Waals surface area contributed by atoms with Crippen LogP contribution in [0.3, 0.4) is 0 Å². The minimum absolute atomic E-state index is 0.101. The zero-order valence-electron chi connectivity index (χ0n) is 9.80. The largest absolute Gasteiger partial charge is 0.394 e. The van der Waals surface area contributed by atoms with Crippen LogP contribution in [0.1, 0.15) is 6.23 Å². The van der Waals surface area contributed by atoms with Crippen molar-refractivity contribution in [2.75, 3.05) is 26.7 Å². The van der Waals surface area contributed by atoms with Gasteiger partial charge in [-0.15, -0.1) is 0 Å². The molecule has 2 atom stereocenters. The van der Waals surface area contributed by atoms with E-state index in [0.717, 1.165) is 0 Å². The fourth-order valence-corrected chi connectivity index (χ4v) is 2.36. The molecule has 1 aliphatic rings. The van der Waals surface area contributed by atoms with E-state index in [9.17, 15) is 9.59 Å². The van der Waals surface area contributed by atoms with Crippen molar-refractivity contribution >= 4 is 22.6 Å². The number of aromatic amines is 1. The lowest BCUT2D eigenvalue weighted by Gasteiger charge is -2.35. The maximum atomic E-state index is 11.7. The number of aliphatic hydroxyl groups is 1. The molecule has 0 saturated carbocycles. The van der Waals surface area contributed by atoms with E-state index in [-0.39, 0.29) is 12.7 Å². The van der Waals surface area contributed by atoms with Crippen molar-refractivity contribution in [3.05, 3.63) is 30.6 Å². The summed E-state index contributed by atoms with van der Waals surface area (Å²) in [4.78, 5) is 27.2. The van der Waals surface area contributed by atoms with E-state index in [1.165, 1.54) is 10.8 Å². The van der Waals surface area contributed by atoms with Crippen molar-refractivity contribution < 1.29 is 9.84 Å². The Bertz CT molecular complexity index is 541. The van der Waals surface area contributed by atoms with Gasteiger partial charge in [-0.3, -0.25) is 19.2 Å². The summed E-state index contributed by atoms with van der Waals surface area (Å²) in [5, 5.41) is 9.14. The summed E-state index contributed by atoms with van der Waals surface area (Å²) in [5.74, 6) is 0. The van der Waals surface area contributed by atoms with Crippen LogP contribution in [-0.2, 0) is 4.74 Å². The van der Waals surface area contributed by atoms with Crippen molar-refractivity contribution in [3.63, 3.8) is 0 Å². The second-order valence-electron chi connectivity index (χ2n) is 4.26. The average Bonchev–Trinajstić information content (AvgIpc) is 2.33. The van der Waals surface area contributed by atoms with Gasteiger partial charge in [0.25, 0.3) is 5.56 Å². The first kappa shape index (κ1) is 13.7. The molecule has 18 heavy (non-hydrogen) atoms. The summed E-state index contributed by atoms with van der Waals surface area (Å²) >= 11 is 1.86. The van der Waals surface area contributed by atoms with Crippen molar-refractivity contribution in [1.29, 1.82) is 0 Å². The van der Waals surface area contributed by atoms with Gasteiger partial charge in [0.15, 0.2) is 6.23 Å². The second-order valence-corrected chi connectivity index (χ2v) is 5.42. The summed E-state index contributed by atoms with van der Waals surface area (Å²) < 4.78 is 7.38. The standard InChI is InChI=1S/C10H14IN3O4/c1-13-2-6(5-15)18-8(4-13)14-3-7(11)9(16)12-10(14)17/h3,6,8,15H,2,4-5H2,1H3,(H,12,16,17). The Morgan fingerprint density at radius 1 is 1.56 bits per heavy atom. The molecule has 0 spiro atoms. The number of morpholine rings is 1. The molecule has 0 amide bonds. The first-order chi connectivity index (χ1) is 8.51. The first-order valence-electron chi connectivity index (χ1n) is 5.47. The molecule has 1 fully saturated rings. The lowest BCUT2D eigenvalue weighted by molar-refractivity contribution is -0.131. The highest BCUT2D eigenvalue weighted by Crippen LogP contribution is 2.17. The van der Waals surface area contributed by atoms with E-state index in [0.29, 0.717) is 16.7 Å². The summed E-state index contributed by atoms with van der Waals surface area (Å²) in [7, 11) is 1.89. The van der Waals surface area contributed by atoms with Gasteiger partial charge in [0, 0.05) is 19.3 Å². The molecule has 2 rings (SSSR count). The number of hydrogen-bond acceptors (Lipinski definition) is 5. The number of aromatic nitrogens is 2. The van der Waals surface area contributed by atoms with Crippen molar-refractivity contribution in [2.45, 2.75) is 12.3 Å². The molecule has 2 unspecified atom stereocenters. The van der Waals surface area contributed by atoms with Crippen LogP contribution in [0.5, 0.6) is 0 Å². The number of ether oxygens (including phenoxy) is 1. The Morgan fingerprint density at radius 2 is 2.28 bits per heavy atom. The Hall–Kier alpha value is -0.710. The molecule has 7 nitrogen and oxygen atoms in total. The monoisotopic (exact) mass is 367 g/mol. The molecule has 1 aromatic rings. The Kier molecular flexibility index (Phi) is 4.20. The normalized spacial score (nSPS) is 25.3. The highest BCUT2D eigenvalue weighted by Gasteiger charge is 2.27. The van der Waals surface area contributed by atoms with Crippen LogP contribution in [0.2, 0.25) is 0 Å². The predicted molar refractivity (Wildman–Crippen MR) is 72.5 cm³/mol. The summed E-state index contributed by atoms with van der Waals surface area (Å²) in [6.07, 6.45) is 0.643. The van der Waals surface area contributed by atoms with E-state index >= 15 is 0 Å². The number of halogens is 1. The highest BCUT2D eigenvalue weighted by atomic mass is 127. The van der Waals surface area contributed by atoms with Crippen molar-refractivity contribution in [2.24, 2.45) is 0 Å². The van der Waals surface area contributed by atoms with Crippen molar-refractivity contribution in [1.82, 2.24) is 14.5 Å². The average molecular weight is 367 g/mol. The maximum absolute atomic E-state index is 11.7. The number of hydrogen-bond donors (Lipinski definition) is 2. The Balaban J connectivity index is 2.33. The smallest absolute Gasteiger partial charge is 0.330 e. The van der Waals surface area contributed by atoms with E-state index in [2.05, 4.69) is 4.98 Å². The fourth-order valence-electron chi connectivity index (χ4n) is 1.93. The van der Waals surface area contributed by atoms with Gasteiger partial charge in [-0.1, -0.05) is 0 Å². The minimum atomic E-state index is -0.502.